The Labute approximate surface area is 196 Å². The van der Waals surface area contributed by atoms with Crippen molar-refractivity contribution in [2.24, 2.45) is 0 Å². The summed E-state index contributed by atoms with van der Waals surface area (Å²) in [5.41, 5.74) is 3.28. The van der Waals surface area contributed by atoms with E-state index in [1.54, 1.807) is 49.5 Å². The molecule has 1 N–H and O–H groups in total. The van der Waals surface area contributed by atoms with Crippen molar-refractivity contribution in [2.75, 3.05) is 4.72 Å². The zero-order chi connectivity index (χ0) is 24.5. The number of esters is 1. The molecule has 0 saturated carbocycles. The Balaban J connectivity index is 1.55. The predicted molar refractivity (Wildman–Crippen MR) is 128 cm³/mol. The molecule has 2 aromatic carbocycles. The van der Waals surface area contributed by atoms with E-state index in [0.717, 1.165) is 11.1 Å². The van der Waals surface area contributed by atoms with Crippen LogP contribution in [0.4, 0.5) is 5.69 Å². The normalized spacial score (nSPS) is 11.4. The molecule has 0 amide bonds. The van der Waals surface area contributed by atoms with Gasteiger partial charge in [-0.1, -0.05) is 18.2 Å². The molecule has 34 heavy (non-hydrogen) atoms. The van der Waals surface area contributed by atoms with Crippen molar-refractivity contribution in [1.82, 2.24) is 9.38 Å². The second-order valence-electron chi connectivity index (χ2n) is 8.05. The van der Waals surface area contributed by atoms with Crippen LogP contribution in [0.25, 0.3) is 5.65 Å². The van der Waals surface area contributed by atoms with Gasteiger partial charge in [-0.2, -0.15) is 0 Å². The second-order valence-corrected chi connectivity index (χ2v) is 9.70. The summed E-state index contributed by atoms with van der Waals surface area (Å²) in [6.45, 7) is 5.17. The van der Waals surface area contributed by atoms with E-state index in [0.29, 0.717) is 22.6 Å². The lowest BCUT2D eigenvalue weighted by molar-refractivity contribution is 0.0467. The molecule has 0 aliphatic heterocycles. The lowest BCUT2D eigenvalue weighted by Gasteiger charge is -2.12. The Hall–Kier alpha value is -3.98. The third-order valence-electron chi connectivity index (χ3n) is 5.21. The molecule has 0 spiro atoms. The molecule has 0 aliphatic carbocycles. The highest BCUT2D eigenvalue weighted by atomic mass is 32.2. The summed E-state index contributed by atoms with van der Waals surface area (Å²) in [6, 6.07) is 16.2. The Morgan fingerprint density at radius 1 is 1.00 bits per heavy atom. The first-order chi connectivity index (χ1) is 16.1. The maximum atomic E-state index is 13.0. The smallest absolute Gasteiger partial charge is 0.338 e. The van der Waals surface area contributed by atoms with Crippen molar-refractivity contribution >= 4 is 27.3 Å². The third-order valence-corrected chi connectivity index (χ3v) is 6.73. The SMILES string of the molecule is Cc1cccc(NS(=O)(=O)c2cc(C(=O)OCc3cc(=O)n4ccc(C)cc4n3)ccc2C)c1. The molecule has 0 atom stereocenters. The summed E-state index contributed by atoms with van der Waals surface area (Å²) in [7, 11) is -3.93. The van der Waals surface area contributed by atoms with Gasteiger partial charge in [-0.05, 0) is 73.9 Å². The number of nitrogens with zero attached hydrogens (tertiary/aromatic N) is 2. The van der Waals surface area contributed by atoms with E-state index in [2.05, 4.69) is 9.71 Å². The number of hydrogen-bond acceptors (Lipinski definition) is 6. The number of sulfonamides is 1. The summed E-state index contributed by atoms with van der Waals surface area (Å²) < 4.78 is 35.2. The number of carbonyl (C=O) groups excluding carboxylic acids is 1. The van der Waals surface area contributed by atoms with Crippen molar-refractivity contribution < 1.29 is 17.9 Å². The van der Waals surface area contributed by atoms with Crippen LogP contribution in [0.5, 0.6) is 0 Å². The molecule has 2 heterocycles. The monoisotopic (exact) mass is 477 g/mol. The van der Waals surface area contributed by atoms with Crippen LogP contribution < -0.4 is 10.3 Å². The molecule has 0 aliphatic rings. The van der Waals surface area contributed by atoms with Gasteiger partial charge in [0.25, 0.3) is 15.6 Å². The molecule has 0 saturated heterocycles. The molecule has 0 bridgehead atoms. The number of pyridine rings is 1. The van der Waals surface area contributed by atoms with Gasteiger partial charge in [0.15, 0.2) is 0 Å². The number of nitrogens with one attached hydrogen (secondary N) is 1. The number of hydrogen-bond donors (Lipinski definition) is 1. The van der Waals surface area contributed by atoms with Gasteiger partial charge in [-0.25, -0.2) is 18.2 Å². The van der Waals surface area contributed by atoms with E-state index in [9.17, 15) is 18.0 Å². The molecule has 0 radical (unpaired) electrons. The minimum absolute atomic E-state index is 0.0268. The van der Waals surface area contributed by atoms with Crippen LogP contribution in [0.1, 0.15) is 32.7 Å². The largest absolute Gasteiger partial charge is 0.456 e. The Bertz CT molecular complexity index is 1580. The van der Waals surface area contributed by atoms with Crippen LogP contribution in [-0.2, 0) is 21.4 Å². The topological polar surface area (TPSA) is 107 Å². The van der Waals surface area contributed by atoms with Gasteiger partial charge in [0.1, 0.15) is 12.3 Å². The molecule has 174 valence electrons. The van der Waals surface area contributed by atoms with Crippen LogP contribution in [0, 0.1) is 20.8 Å². The maximum absolute atomic E-state index is 13.0. The van der Waals surface area contributed by atoms with Crippen molar-refractivity contribution in [3.63, 3.8) is 0 Å². The summed E-state index contributed by atoms with van der Waals surface area (Å²) in [5, 5.41) is 0. The first kappa shape index (κ1) is 23.2. The molecule has 4 rings (SSSR count). The fourth-order valence-electron chi connectivity index (χ4n) is 3.49. The fourth-order valence-corrected chi connectivity index (χ4v) is 4.81. The van der Waals surface area contributed by atoms with Gasteiger partial charge < -0.3 is 4.74 Å². The highest BCUT2D eigenvalue weighted by Gasteiger charge is 2.20. The van der Waals surface area contributed by atoms with Gasteiger partial charge in [0.05, 0.1) is 16.2 Å². The number of carbonyl (C=O) groups is 1. The van der Waals surface area contributed by atoms with Gasteiger partial charge in [0.2, 0.25) is 0 Å². The number of benzene rings is 2. The lowest BCUT2D eigenvalue weighted by Crippen LogP contribution is -2.17. The minimum Gasteiger partial charge on any atom is -0.456 e. The quantitative estimate of drug-likeness (QED) is 0.424. The van der Waals surface area contributed by atoms with Gasteiger partial charge >= 0.3 is 5.97 Å². The summed E-state index contributed by atoms with van der Waals surface area (Å²) in [5.74, 6) is -0.724. The number of aromatic nitrogens is 2. The molecule has 0 fully saturated rings. The van der Waals surface area contributed by atoms with Gasteiger partial charge in [-0.3, -0.25) is 13.9 Å². The average molecular weight is 478 g/mol. The van der Waals surface area contributed by atoms with Crippen LogP contribution in [0.15, 0.2) is 76.6 Å². The van der Waals surface area contributed by atoms with E-state index in [1.165, 1.54) is 22.6 Å². The second kappa shape index (κ2) is 9.11. The van der Waals surface area contributed by atoms with Crippen LogP contribution in [0.2, 0.25) is 0 Å². The summed E-state index contributed by atoms with van der Waals surface area (Å²) >= 11 is 0. The Kier molecular flexibility index (Phi) is 6.21. The van der Waals surface area contributed by atoms with E-state index >= 15 is 0 Å². The third kappa shape index (κ3) is 4.99. The molecule has 4 aromatic rings. The number of ether oxygens (including phenoxy) is 1. The molecule has 8 nitrogen and oxygen atoms in total. The van der Waals surface area contributed by atoms with Crippen molar-refractivity contribution in [1.29, 1.82) is 0 Å². The lowest BCUT2D eigenvalue weighted by atomic mass is 10.1. The van der Waals surface area contributed by atoms with E-state index in [1.807, 2.05) is 19.9 Å². The van der Waals surface area contributed by atoms with Crippen molar-refractivity contribution in [3.05, 3.63) is 105 Å². The summed E-state index contributed by atoms with van der Waals surface area (Å²) in [6.07, 6.45) is 1.63. The number of aryl methyl sites for hydroxylation is 3. The maximum Gasteiger partial charge on any atom is 0.338 e. The van der Waals surface area contributed by atoms with Gasteiger partial charge in [-0.15, -0.1) is 0 Å². The van der Waals surface area contributed by atoms with Crippen LogP contribution in [0.3, 0.4) is 0 Å². The predicted octanol–water partition coefficient (Wildman–Crippen LogP) is 3.78. The number of rotatable bonds is 6. The van der Waals surface area contributed by atoms with Crippen LogP contribution in [-0.4, -0.2) is 23.8 Å². The molecule has 2 aromatic heterocycles. The Morgan fingerprint density at radius 3 is 2.53 bits per heavy atom. The highest BCUT2D eigenvalue weighted by molar-refractivity contribution is 7.92. The highest BCUT2D eigenvalue weighted by Crippen LogP contribution is 2.22. The molecular formula is C25H23N3O5S. The minimum atomic E-state index is -3.93. The average Bonchev–Trinajstić information content (AvgIpc) is 2.77. The number of anilines is 1. The van der Waals surface area contributed by atoms with E-state index < -0.39 is 16.0 Å². The van der Waals surface area contributed by atoms with Crippen LogP contribution >= 0.6 is 0 Å². The van der Waals surface area contributed by atoms with Gasteiger partial charge in [0, 0.05) is 18.0 Å². The van der Waals surface area contributed by atoms with Crippen molar-refractivity contribution in [3.8, 4) is 0 Å². The van der Waals surface area contributed by atoms with E-state index in [-0.39, 0.29) is 22.6 Å². The first-order valence-corrected chi connectivity index (χ1v) is 12.0. The first-order valence-electron chi connectivity index (χ1n) is 10.5. The number of fused-ring (bicyclic) bond motifs is 1. The van der Waals surface area contributed by atoms with E-state index in [4.69, 9.17) is 4.74 Å². The molecule has 0 unspecified atom stereocenters. The van der Waals surface area contributed by atoms with Crippen molar-refractivity contribution in [2.45, 2.75) is 32.3 Å². The molecular weight excluding hydrogens is 454 g/mol. The summed E-state index contributed by atoms with van der Waals surface area (Å²) in [4.78, 5) is 29.3. The molecule has 9 heteroatoms. The zero-order valence-corrected chi connectivity index (χ0v) is 19.7. The standard InChI is InChI=1S/C25H23N3O5S/c1-16-5-4-6-20(11-16)27-34(31,32)22-13-19(8-7-18(22)3)25(30)33-15-21-14-24(29)28-10-9-17(2)12-23(28)26-21/h4-14,27H,15H2,1-3H3. The zero-order valence-electron chi connectivity index (χ0n) is 18.9. The fraction of sp³-hybridized carbons (Fsp3) is 0.160. The Morgan fingerprint density at radius 2 is 1.76 bits per heavy atom.